The minimum Gasteiger partial charge on any atom is -0.465 e. The van der Waals surface area contributed by atoms with Gasteiger partial charge in [-0.3, -0.25) is 4.79 Å². The van der Waals surface area contributed by atoms with Gasteiger partial charge in [0.15, 0.2) is 0 Å². The maximum Gasteiger partial charge on any atom is 0.343 e. The van der Waals surface area contributed by atoms with Gasteiger partial charge in [-0.25, -0.2) is 14.8 Å². The summed E-state index contributed by atoms with van der Waals surface area (Å²) in [6.45, 7) is 4.27. The van der Waals surface area contributed by atoms with Crippen molar-refractivity contribution >= 4 is 17.7 Å². The number of likely N-dealkylation sites (tertiary alicyclic amines) is 1. The maximum atomic E-state index is 12.8. The Morgan fingerprint density at radius 3 is 2.69 bits per heavy atom. The van der Waals surface area contributed by atoms with Crippen LogP contribution in [0.3, 0.4) is 0 Å². The normalized spacial score (nSPS) is 23.2. The molecule has 0 saturated carbocycles. The van der Waals surface area contributed by atoms with E-state index >= 15 is 0 Å². The molecule has 0 unspecified atom stereocenters. The highest BCUT2D eigenvalue weighted by molar-refractivity contribution is 5.94. The predicted molar refractivity (Wildman–Crippen MR) is 108 cm³/mol. The Morgan fingerprint density at radius 2 is 1.97 bits per heavy atom. The second-order valence-electron chi connectivity index (χ2n) is 7.73. The number of esters is 1. The van der Waals surface area contributed by atoms with Gasteiger partial charge in [-0.1, -0.05) is 37.3 Å². The number of benzene rings is 1. The smallest absolute Gasteiger partial charge is 0.343 e. The van der Waals surface area contributed by atoms with E-state index in [9.17, 15) is 9.59 Å². The largest absolute Gasteiger partial charge is 0.465 e. The summed E-state index contributed by atoms with van der Waals surface area (Å²) in [6.07, 6.45) is 4.39. The number of amides is 1. The number of methoxy groups -OCH3 is 1. The van der Waals surface area contributed by atoms with Gasteiger partial charge >= 0.3 is 5.97 Å². The maximum absolute atomic E-state index is 12.8. The molecular formula is C22H26N4O3. The number of nitrogens with zero attached hydrogens (tertiary/aromatic N) is 4. The molecule has 1 amide bonds. The van der Waals surface area contributed by atoms with Gasteiger partial charge < -0.3 is 14.5 Å². The van der Waals surface area contributed by atoms with Crippen molar-refractivity contribution in [1.82, 2.24) is 14.9 Å². The first-order valence-electron chi connectivity index (χ1n) is 10.1. The van der Waals surface area contributed by atoms with E-state index in [0.29, 0.717) is 29.6 Å². The van der Waals surface area contributed by atoms with E-state index in [1.54, 1.807) is 0 Å². The molecule has 29 heavy (non-hydrogen) atoms. The molecule has 2 aliphatic rings. The summed E-state index contributed by atoms with van der Waals surface area (Å²) >= 11 is 0. The third kappa shape index (κ3) is 3.57. The van der Waals surface area contributed by atoms with Crippen molar-refractivity contribution < 1.29 is 14.3 Å². The van der Waals surface area contributed by atoms with Gasteiger partial charge in [0.1, 0.15) is 17.7 Å². The van der Waals surface area contributed by atoms with E-state index in [0.717, 1.165) is 26.1 Å². The molecule has 7 heteroatoms. The zero-order valence-electron chi connectivity index (χ0n) is 16.8. The zero-order chi connectivity index (χ0) is 20.4. The number of hydrogen-bond donors (Lipinski definition) is 0. The summed E-state index contributed by atoms with van der Waals surface area (Å²) in [5, 5.41) is 0. The summed E-state index contributed by atoms with van der Waals surface area (Å²) < 4.78 is 4.90. The predicted octanol–water partition coefficient (Wildman–Crippen LogP) is 2.70. The van der Waals surface area contributed by atoms with Gasteiger partial charge in [-0.05, 0) is 12.0 Å². The zero-order valence-corrected chi connectivity index (χ0v) is 16.8. The summed E-state index contributed by atoms with van der Waals surface area (Å²) in [6, 6.07) is 10.3. The lowest BCUT2D eigenvalue weighted by Gasteiger charge is -2.30. The molecule has 152 valence electrons. The Labute approximate surface area is 170 Å². The van der Waals surface area contributed by atoms with Crippen LogP contribution in [0, 0.1) is 11.8 Å². The van der Waals surface area contributed by atoms with E-state index in [4.69, 9.17) is 4.74 Å². The van der Waals surface area contributed by atoms with Crippen LogP contribution >= 0.6 is 0 Å². The first-order chi connectivity index (χ1) is 14.1. The van der Waals surface area contributed by atoms with Crippen LogP contribution < -0.4 is 4.90 Å². The molecule has 2 saturated heterocycles. The van der Waals surface area contributed by atoms with Crippen molar-refractivity contribution in [1.29, 1.82) is 0 Å². The first-order valence-corrected chi connectivity index (χ1v) is 10.1. The molecule has 0 radical (unpaired) electrons. The molecule has 0 bridgehead atoms. The Morgan fingerprint density at radius 1 is 1.17 bits per heavy atom. The van der Waals surface area contributed by atoms with E-state index in [1.807, 2.05) is 25.1 Å². The Bertz CT molecular complexity index is 889. The van der Waals surface area contributed by atoms with Gasteiger partial charge in [0.25, 0.3) is 0 Å². The monoisotopic (exact) mass is 394 g/mol. The number of carbonyl (C=O) groups excluding carboxylic acids is 2. The molecule has 1 aromatic carbocycles. The minimum atomic E-state index is -0.433. The highest BCUT2D eigenvalue weighted by Crippen LogP contribution is 2.46. The Kier molecular flexibility index (Phi) is 5.47. The Hall–Kier alpha value is -2.96. The molecule has 1 aromatic heterocycles. The third-order valence-corrected chi connectivity index (χ3v) is 5.99. The van der Waals surface area contributed by atoms with E-state index in [-0.39, 0.29) is 11.9 Å². The van der Waals surface area contributed by atoms with Gasteiger partial charge in [0.05, 0.1) is 13.2 Å². The lowest BCUT2D eigenvalue weighted by atomic mass is 9.89. The van der Waals surface area contributed by atoms with Crippen LogP contribution in [0.15, 0.2) is 42.9 Å². The molecule has 2 aromatic rings. The minimum absolute atomic E-state index is 0.0497. The molecule has 3 heterocycles. The number of aromatic nitrogens is 2. The molecule has 0 spiro atoms. The number of fused-ring (bicyclic) bond motifs is 1. The van der Waals surface area contributed by atoms with Crippen LogP contribution in [-0.4, -0.2) is 53.5 Å². The number of hydrogen-bond acceptors (Lipinski definition) is 6. The standard InChI is InChI=1S/C22H26N4O3/c1-3-7-19(27)26-12-16-11-25(21-17(22(28)29-2)10-23-14-24-21)13-18(16)20(26)15-8-5-4-6-9-15/h4-6,8-10,14,16,18,20H,3,7,11-13H2,1-2H3/t16-,18-,20+/m0/s1. The molecule has 2 aliphatic heterocycles. The number of ether oxygens (including phenoxy) is 1. The number of rotatable bonds is 5. The van der Waals surface area contributed by atoms with Crippen LogP contribution in [0.5, 0.6) is 0 Å². The van der Waals surface area contributed by atoms with Crippen molar-refractivity contribution in [3.05, 3.63) is 54.0 Å². The fourth-order valence-corrected chi connectivity index (χ4v) is 4.74. The van der Waals surface area contributed by atoms with Crippen LogP contribution in [0.4, 0.5) is 5.82 Å². The van der Waals surface area contributed by atoms with Gasteiger partial charge in [0, 0.05) is 44.1 Å². The second-order valence-corrected chi connectivity index (χ2v) is 7.73. The quantitative estimate of drug-likeness (QED) is 0.726. The first kappa shape index (κ1) is 19.4. The molecule has 0 aliphatic carbocycles. The molecule has 4 rings (SSSR count). The van der Waals surface area contributed by atoms with E-state index < -0.39 is 5.97 Å². The molecule has 0 N–H and O–H groups in total. The fourth-order valence-electron chi connectivity index (χ4n) is 4.74. The van der Waals surface area contributed by atoms with Gasteiger partial charge in [0.2, 0.25) is 5.91 Å². The van der Waals surface area contributed by atoms with Crippen molar-refractivity contribution in [2.75, 3.05) is 31.6 Å². The van der Waals surface area contributed by atoms with Gasteiger partial charge in [-0.2, -0.15) is 0 Å². The highest BCUT2D eigenvalue weighted by Gasteiger charge is 2.49. The van der Waals surface area contributed by atoms with Crippen LogP contribution in [0.1, 0.15) is 41.7 Å². The third-order valence-electron chi connectivity index (χ3n) is 5.99. The van der Waals surface area contributed by atoms with Crippen molar-refractivity contribution in [3.8, 4) is 0 Å². The van der Waals surface area contributed by atoms with Crippen molar-refractivity contribution in [2.24, 2.45) is 11.8 Å². The molecule has 2 fully saturated rings. The van der Waals surface area contributed by atoms with E-state index in [1.165, 1.54) is 25.2 Å². The number of carbonyl (C=O) groups is 2. The van der Waals surface area contributed by atoms with E-state index in [2.05, 4.69) is 31.9 Å². The van der Waals surface area contributed by atoms with Gasteiger partial charge in [-0.15, -0.1) is 0 Å². The summed E-state index contributed by atoms with van der Waals surface area (Å²) in [5.74, 6) is 1.02. The highest BCUT2D eigenvalue weighted by atomic mass is 16.5. The topological polar surface area (TPSA) is 75.6 Å². The second kappa shape index (κ2) is 8.19. The average Bonchev–Trinajstić information content (AvgIpc) is 3.32. The molecular weight excluding hydrogens is 368 g/mol. The fraction of sp³-hybridized carbons (Fsp3) is 0.455. The lowest BCUT2D eigenvalue weighted by Crippen LogP contribution is -2.36. The molecule has 7 nitrogen and oxygen atoms in total. The summed E-state index contributed by atoms with van der Waals surface area (Å²) in [5.41, 5.74) is 1.55. The summed E-state index contributed by atoms with van der Waals surface area (Å²) in [7, 11) is 1.36. The SMILES string of the molecule is CCCC(=O)N1C[C@@H]2CN(c3ncncc3C(=O)OC)C[C@@H]2[C@H]1c1ccccc1. The summed E-state index contributed by atoms with van der Waals surface area (Å²) in [4.78, 5) is 37.5. The van der Waals surface area contributed by atoms with Crippen LogP contribution in [0.2, 0.25) is 0 Å². The lowest BCUT2D eigenvalue weighted by molar-refractivity contribution is -0.132. The average molecular weight is 394 g/mol. The van der Waals surface area contributed by atoms with Crippen molar-refractivity contribution in [3.63, 3.8) is 0 Å². The molecule has 3 atom stereocenters. The number of anilines is 1. The van der Waals surface area contributed by atoms with Crippen molar-refractivity contribution in [2.45, 2.75) is 25.8 Å². The Balaban J connectivity index is 1.63. The van der Waals surface area contributed by atoms with Crippen LogP contribution in [0.25, 0.3) is 0 Å². The van der Waals surface area contributed by atoms with Crippen LogP contribution in [-0.2, 0) is 9.53 Å².